The van der Waals surface area contributed by atoms with Crippen LogP contribution in [0.5, 0.6) is 0 Å². The van der Waals surface area contributed by atoms with Gasteiger partial charge in [-0.2, -0.15) is 0 Å². The zero-order valence-corrected chi connectivity index (χ0v) is 17.5. The van der Waals surface area contributed by atoms with E-state index in [1.165, 1.54) is 11.8 Å². The van der Waals surface area contributed by atoms with Gasteiger partial charge >= 0.3 is 18.0 Å². The van der Waals surface area contributed by atoms with E-state index in [9.17, 15) is 14.4 Å². The molecule has 1 saturated heterocycles. The number of piperidine rings is 1. The molecule has 162 valence electrons. The molecule has 30 heavy (non-hydrogen) atoms. The molecule has 0 bridgehead atoms. The predicted molar refractivity (Wildman–Crippen MR) is 106 cm³/mol. The smallest absolute Gasteiger partial charge is 0.410 e. The Morgan fingerprint density at radius 1 is 1.23 bits per heavy atom. The summed E-state index contributed by atoms with van der Waals surface area (Å²) in [6.45, 7) is 6.76. The Labute approximate surface area is 174 Å². The molecule has 0 aliphatic carbocycles. The van der Waals surface area contributed by atoms with Gasteiger partial charge in [0.15, 0.2) is 0 Å². The van der Waals surface area contributed by atoms with Gasteiger partial charge in [-0.15, -0.1) is 0 Å². The largest absolute Gasteiger partial charge is 0.459 e. The second-order valence-electron chi connectivity index (χ2n) is 7.86. The lowest BCUT2D eigenvalue weighted by atomic mass is 10.0. The molecule has 1 aliphatic heterocycles. The predicted octanol–water partition coefficient (Wildman–Crippen LogP) is 3.52. The fourth-order valence-corrected chi connectivity index (χ4v) is 2.97. The Morgan fingerprint density at radius 2 is 1.90 bits per heavy atom. The first-order valence-corrected chi connectivity index (χ1v) is 9.55. The first-order valence-electron chi connectivity index (χ1n) is 9.55. The monoisotopic (exact) mass is 418 g/mol. The van der Waals surface area contributed by atoms with E-state index in [1.807, 2.05) is 0 Å². The Kier molecular flexibility index (Phi) is 7.66. The Bertz CT molecular complexity index is 816. The maximum atomic E-state index is 12.8. The number of carbonyl (C=O) groups excluding carboxylic acids is 3. The number of nitrogens with zero attached hydrogens (tertiary/aromatic N) is 4. The SMILES string of the molecule is CC(=O)O[C@@H](C(=O)O[C@H]1CCN(C(=O)OC(C)(C)C)C[C@@H]1N=[N+]=[N-])c1ccccc1. The number of ether oxygens (including phenoxy) is 3. The molecule has 0 N–H and O–H groups in total. The lowest BCUT2D eigenvalue weighted by Crippen LogP contribution is -2.51. The first-order chi connectivity index (χ1) is 14.1. The van der Waals surface area contributed by atoms with Crippen LogP contribution in [0.15, 0.2) is 35.4 Å². The van der Waals surface area contributed by atoms with Crippen molar-refractivity contribution >= 4 is 18.0 Å². The molecule has 0 spiro atoms. The molecule has 10 heteroatoms. The number of azide groups is 1. The van der Waals surface area contributed by atoms with E-state index in [-0.39, 0.29) is 19.5 Å². The average Bonchev–Trinajstić information content (AvgIpc) is 2.66. The quantitative estimate of drug-likeness (QED) is 0.236. The highest BCUT2D eigenvalue weighted by atomic mass is 16.6. The van der Waals surface area contributed by atoms with E-state index in [0.717, 1.165) is 0 Å². The van der Waals surface area contributed by atoms with E-state index in [0.29, 0.717) is 5.56 Å². The van der Waals surface area contributed by atoms with Gasteiger partial charge in [0, 0.05) is 36.9 Å². The van der Waals surface area contributed by atoms with Crippen molar-refractivity contribution in [1.29, 1.82) is 0 Å². The summed E-state index contributed by atoms with van der Waals surface area (Å²) < 4.78 is 16.0. The lowest BCUT2D eigenvalue weighted by Gasteiger charge is -2.37. The fourth-order valence-electron chi connectivity index (χ4n) is 2.97. The van der Waals surface area contributed by atoms with Crippen LogP contribution in [0.2, 0.25) is 0 Å². The summed E-state index contributed by atoms with van der Waals surface area (Å²) in [5.74, 6) is -1.41. The van der Waals surface area contributed by atoms with Crippen molar-refractivity contribution in [2.24, 2.45) is 5.11 Å². The van der Waals surface area contributed by atoms with Crippen molar-refractivity contribution < 1.29 is 28.6 Å². The maximum absolute atomic E-state index is 12.8. The van der Waals surface area contributed by atoms with Gasteiger partial charge in [0.25, 0.3) is 0 Å². The third-order valence-corrected chi connectivity index (χ3v) is 4.24. The van der Waals surface area contributed by atoms with Crippen molar-refractivity contribution in [2.75, 3.05) is 13.1 Å². The van der Waals surface area contributed by atoms with Crippen molar-refractivity contribution in [2.45, 2.75) is 58.0 Å². The van der Waals surface area contributed by atoms with Crippen molar-refractivity contribution in [3.8, 4) is 0 Å². The van der Waals surface area contributed by atoms with E-state index >= 15 is 0 Å². The average molecular weight is 418 g/mol. The van der Waals surface area contributed by atoms with Gasteiger partial charge in [0.2, 0.25) is 6.10 Å². The second kappa shape index (κ2) is 9.98. The van der Waals surface area contributed by atoms with Crippen LogP contribution in [0.3, 0.4) is 0 Å². The number of rotatable bonds is 5. The molecule has 1 aromatic carbocycles. The molecule has 1 fully saturated rings. The van der Waals surface area contributed by atoms with Gasteiger partial charge in [-0.3, -0.25) is 4.79 Å². The topological polar surface area (TPSA) is 131 Å². The molecule has 0 aromatic heterocycles. The summed E-state index contributed by atoms with van der Waals surface area (Å²) in [6.07, 6.45) is -2.29. The van der Waals surface area contributed by atoms with Crippen molar-refractivity contribution in [3.63, 3.8) is 0 Å². The third-order valence-electron chi connectivity index (χ3n) is 4.24. The van der Waals surface area contributed by atoms with Gasteiger partial charge in [-0.05, 0) is 26.3 Å². The summed E-state index contributed by atoms with van der Waals surface area (Å²) in [7, 11) is 0. The summed E-state index contributed by atoms with van der Waals surface area (Å²) in [6, 6.07) is 7.68. The molecule has 0 saturated carbocycles. The Balaban J connectivity index is 2.12. The first kappa shape index (κ1) is 23.0. The zero-order valence-electron chi connectivity index (χ0n) is 17.5. The van der Waals surface area contributed by atoms with Crippen LogP contribution in [0.25, 0.3) is 10.4 Å². The Morgan fingerprint density at radius 3 is 2.47 bits per heavy atom. The van der Waals surface area contributed by atoms with E-state index in [2.05, 4.69) is 10.0 Å². The molecule has 1 heterocycles. The Hall–Kier alpha value is -3.26. The molecular formula is C20H26N4O6. The van der Waals surface area contributed by atoms with Crippen LogP contribution in [-0.2, 0) is 23.8 Å². The number of benzene rings is 1. The van der Waals surface area contributed by atoms with Gasteiger partial charge in [0.05, 0.1) is 6.04 Å². The molecule has 1 aromatic rings. The van der Waals surface area contributed by atoms with Gasteiger partial charge in [0.1, 0.15) is 11.7 Å². The summed E-state index contributed by atoms with van der Waals surface area (Å²) in [4.78, 5) is 40.8. The van der Waals surface area contributed by atoms with Crippen LogP contribution >= 0.6 is 0 Å². The number of likely N-dealkylation sites (tertiary alicyclic amines) is 1. The lowest BCUT2D eigenvalue weighted by molar-refractivity contribution is -0.173. The number of esters is 2. The van der Waals surface area contributed by atoms with Gasteiger partial charge in [-0.1, -0.05) is 35.4 Å². The van der Waals surface area contributed by atoms with Crippen molar-refractivity contribution in [1.82, 2.24) is 4.90 Å². The summed E-state index contributed by atoms with van der Waals surface area (Å²) >= 11 is 0. The molecule has 0 radical (unpaired) electrons. The summed E-state index contributed by atoms with van der Waals surface area (Å²) in [5.41, 5.74) is 8.70. The minimum Gasteiger partial charge on any atom is -0.459 e. The van der Waals surface area contributed by atoms with Crippen molar-refractivity contribution in [3.05, 3.63) is 46.3 Å². The van der Waals surface area contributed by atoms with Gasteiger partial charge < -0.3 is 19.1 Å². The van der Waals surface area contributed by atoms with E-state index in [4.69, 9.17) is 19.7 Å². The number of amides is 1. The molecule has 0 unspecified atom stereocenters. The highest BCUT2D eigenvalue weighted by Gasteiger charge is 2.37. The molecule has 10 nitrogen and oxygen atoms in total. The number of hydrogen-bond acceptors (Lipinski definition) is 7. The van der Waals surface area contributed by atoms with E-state index in [1.54, 1.807) is 51.1 Å². The van der Waals surface area contributed by atoms with Crippen LogP contribution < -0.4 is 0 Å². The van der Waals surface area contributed by atoms with Crippen LogP contribution in [-0.4, -0.2) is 53.8 Å². The minimum atomic E-state index is -1.24. The van der Waals surface area contributed by atoms with Gasteiger partial charge in [-0.25, -0.2) is 9.59 Å². The van der Waals surface area contributed by atoms with Crippen LogP contribution in [0.4, 0.5) is 4.79 Å². The maximum Gasteiger partial charge on any atom is 0.410 e. The zero-order chi connectivity index (χ0) is 22.3. The molecule has 2 rings (SSSR count). The minimum absolute atomic E-state index is 0.0422. The molecule has 3 atom stereocenters. The highest BCUT2D eigenvalue weighted by Crippen LogP contribution is 2.25. The van der Waals surface area contributed by atoms with E-state index < -0.39 is 41.9 Å². The third kappa shape index (κ3) is 6.66. The standard InChI is InChI=1S/C20H26N4O6/c1-13(25)28-17(14-8-6-5-7-9-14)18(26)29-16-10-11-24(12-15(16)22-23-21)19(27)30-20(2,3)4/h5-9,15-17H,10-12H2,1-4H3/t15-,16-,17+/m0/s1. The second-order valence-corrected chi connectivity index (χ2v) is 7.86. The number of hydrogen-bond donors (Lipinski definition) is 0. The molecule has 1 amide bonds. The normalized spacial score (nSPS) is 19.8. The highest BCUT2D eigenvalue weighted by molar-refractivity contribution is 5.80. The fraction of sp³-hybridized carbons (Fsp3) is 0.550. The molecule has 1 aliphatic rings. The summed E-state index contributed by atoms with van der Waals surface area (Å²) in [5, 5.41) is 3.69. The van der Waals surface area contributed by atoms with Crippen LogP contribution in [0, 0.1) is 0 Å². The number of carbonyl (C=O) groups is 3. The molecular weight excluding hydrogens is 392 g/mol. The van der Waals surface area contributed by atoms with Crippen LogP contribution in [0.1, 0.15) is 45.8 Å².